The maximum Gasteiger partial charge on any atom is 0.246 e. The van der Waals surface area contributed by atoms with E-state index < -0.39 is 10.0 Å². The van der Waals surface area contributed by atoms with Gasteiger partial charge in [-0.05, 0) is 37.0 Å². The highest BCUT2D eigenvalue weighted by atomic mass is 32.2. The summed E-state index contributed by atoms with van der Waals surface area (Å²) in [6.07, 6.45) is 2.94. The Morgan fingerprint density at radius 3 is 2.55 bits per heavy atom. The van der Waals surface area contributed by atoms with Crippen LogP contribution in [0.4, 0.5) is 5.69 Å². The van der Waals surface area contributed by atoms with Crippen LogP contribution < -0.4 is 10.5 Å². The lowest BCUT2D eigenvalue weighted by atomic mass is 9.96. The van der Waals surface area contributed by atoms with E-state index in [1.54, 1.807) is 12.1 Å². The number of rotatable bonds is 4. The standard InChI is InChI=1S/C14H22N2O3S/c1-3-11-6-8-16(9-7-11)20(17,18)14-10-12(15)4-5-13(14)19-2/h4-5,10-11H,3,6-9,15H2,1-2H3. The largest absolute Gasteiger partial charge is 0.495 e. The molecule has 2 rings (SSSR count). The minimum atomic E-state index is -3.53. The molecule has 0 unspecified atom stereocenters. The van der Waals surface area contributed by atoms with Crippen molar-refractivity contribution < 1.29 is 13.2 Å². The Labute approximate surface area is 120 Å². The summed E-state index contributed by atoms with van der Waals surface area (Å²) in [5.74, 6) is 0.973. The van der Waals surface area contributed by atoms with Crippen LogP contribution in [-0.2, 0) is 10.0 Å². The SMILES string of the molecule is CCC1CCN(S(=O)(=O)c2cc(N)ccc2OC)CC1. The number of nitrogen functional groups attached to an aromatic ring is 1. The molecule has 0 saturated carbocycles. The third-order valence-electron chi connectivity index (χ3n) is 3.96. The second kappa shape index (κ2) is 6.01. The van der Waals surface area contributed by atoms with E-state index in [9.17, 15) is 8.42 Å². The summed E-state index contributed by atoms with van der Waals surface area (Å²) in [5, 5.41) is 0. The zero-order valence-corrected chi connectivity index (χ0v) is 12.8. The molecule has 1 fully saturated rings. The maximum absolute atomic E-state index is 12.7. The third kappa shape index (κ3) is 2.91. The lowest BCUT2D eigenvalue weighted by Gasteiger charge is -2.31. The van der Waals surface area contributed by atoms with E-state index in [1.165, 1.54) is 17.5 Å². The number of anilines is 1. The lowest BCUT2D eigenvalue weighted by molar-refractivity contribution is 0.268. The molecule has 112 valence electrons. The van der Waals surface area contributed by atoms with E-state index in [-0.39, 0.29) is 4.90 Å². The molecule has 0 spiro atoms. The fraction of sp³-hybridized carbons (Fsp3) is 0.571. The van der Waals surface area contributed by atoms with Gasteiger partial charge in [-0.3, -0.25) is 0 Å². The van der Waals surface area contributed by atoms with Crippen molar-refractivity contribution in [2.75, 3.05) is 25.9 Å². The van der Waals surface area contributed by atoms with Gasteiger partial charge in [0.2, 0.25) is 10.0 Å². The molecule has 1 aliphatic heterocycles. The molecule has 5 nitrogen and oxygen atoms in total. The first-order valence-electron chi connectivity index (χ1n) is 6.92. The number of sulfonamides is 1. The van der Waals surface area contributed by atoms with Crippen molar-refractivity contribution in [1.82, 2.24) is 4.31 Å². The highest BCUT2D eigenvalue weighted by Gasteiger charge is 2.31. The number of nitrogens with two attached hydrogens (primary N) is 1. The monoisotopic (exact) mass is 298 g/mol. The van der Waals surface area contributed by atoms with Crippen molar-refractivity contribution in [2.45, 2.75) is 31.1 Å². The molecule has 1 aliphatic rings. The molecule has 1 aromatic carbocycles. The van der Waals surface area contributed by atoms with Gasteiger partial charge in [0.15, 0.2) is 0 Å². The quantitative estimate of drug-likeness (QED) is 0.864. The molecule has 20 heavy (non-hydrogen) atoms. The second-order valence-corrected chi connectivity index (χ2v) is 7.07. The van der Waals surface area contributed by atoms with Crippen LogP contribution in [-0.4, -0.2) is 32.9 Å². The van der Waals surface area contributed by atoms with Crippen LogP contribution in [0.2, 0.25) is 0 Å². The minimum absolute atomic E-state index is 0.162. The fourth-order valence-corrected chi connectivity index (χ4v) is 4.25. The Morgan fingerprint density at radius 1 is 1.35 bits per heavy atom. The number of hydrogen-bond acceptors (Lipinski definition) is 4. The van der Waals surface area contributed by atoms with Crippen LogP contribution in [0.1, 0.15) is 26.2 Å². The Hall–Kier alpha value is -1.27. The van der Waals surface area contributed by atoms with Gasteiger partial charge in [0.1, 0.15) is 10.6 Å². The second-order valence-electron chi connectivity index (χ2n) is 5.17. The van der Waals surface area contributed by atoms with E-state index >= 15 is 0 Å². The Balaban J connectivity index is 2.29. The normalized spacial score (nSPS) is 18.1. The average molecular weight is 298 g/mol. The predicted molar refractivity (Wildman–Crippen MR) is 79.2 cm³/mol. The van der Waals surface area contributed by atoms with E-state index in [2.05, 4.69) is 6.92 Å². The first kappa shape index (κ1) is 15.1. The van der Waals surface area contributed by atoms with Gasteiger partial charge in [0, 0.05) is 18.8 Å². The Morgan fingerprint density at radius 2 is 2.00 bits per heavy atom. The van der Waals surface area contributed by atoms with Crippen LogP contribution in [0.15, 0.2) is 23.1 Å². The topological polar surface area (TPSA) is 72.6 Å². The summed E-state index contributed by atoms with van der Waals surface area (Å²) >= 11 is 0. The Kier molecular flexibility index (Phi) is 4.55. The summed E-state index contributed by atoms with van der Waals surface area (Å²) in [7, 11) is -2.06. The third-order valence-corrected chi connectivity index (χ3v) is 5.88. The first-order valence-corrected chi connectivity index (χ1v) is 8.36. The van der Waals surface area contributed by atoms with Crippen LogP contribution >= 0.6 is 0 Å². The summed E-state index contributed by atoms with van der Waals surface area (Å²) in [5.41, 5.74) is 6.14. The lowest BCUT2D eigenvalue weighted by Crippen LogP contribution is -2.38. The van der Waals surface area contributed by atoms with Crippen molar-refractivity contribution in [2.24, 2.45) is 5.92 Å². The predicted octanol–water partition coefficient (Wildman–Crippen LogP) is 2.09. The van der Waals surface area contributed by atoms with Crippen molar-refractivity contribution in [1.29, 1.82) is 0 Å². The van der Waals surface area contributed by atoms with E-state index in [0.717, 1.165) is 19.3 Å². The van der Waals surface area contributed by atoms with Crippen molar-refractivity contribution in [3.8, 4) is 5.75 Å². The van der Waals surface area contributed by atoms with Gasteiger partial charge in [-0.1, -0.05) is 13.3 Å². The number of nitrogens with zero attached hydrogens (tertiary/aromatic N) is 1. The average Bonchev–Trinajstić information content (AvgIpc) is 2.47. The van der Waals surface area contributed by atoms with E-state index in [1.807, 2.05) is 0 Å². The number of hydrogen-bond donors (Lipinski definition) is 1. The summed E-state index contributed by atoms with van der Waals surface area (Å²) < 4.78 is 32.1. The molecular formula is C14H22N2O3S. The number of benzene rings is 1. The molecule has 0 aliphatic carbocycles. The van der Waals surface area contributed by atoms with Gasteiger partial charge >= 0.3 is 0 Å². The van der Waals surface area contributed by atoms with Gasteiger partial charge in [0.25, 0.3) is 0 Å². The molecule has 0 atom stereocenters. The zero-order valence-electron chi connectivity index (χ0n) is 12.0. The number of ether oxygens (including phenoxy) is 1. The Bertz CT molecular complexity index is 564. The first-order chi connectivity index (χ1) is 9.48. The molecular weight excluding hydrogens is 276 g/mol. The maximum atomic E-state index is 12.7. The highest BCUT2D eigenvalue weighted by molar-refractivity contribution is 7.89. The van der Waals surface area contributed by atoms with Gasteiger partial charge in [-0.25, -0.2) is 8.42 Å². The molecule has 1 heterocycles. The fourth-order valence-electron chi connectivity index (χ4n) is 2.59. The van der Waals surface area contributed by atoms with Crippen LogP contribution in [0.25, 0.3) is 0 Å². The molecule has 1 aromatic rings. The van der Waals surface area contributed by atoms with Gasteiger partial charge in [0.05, 0.1) is 7.11 Å². The minimum Gasteiger partial charge on any atom is -0.495 e. The van der Waals surface area contributed by atoms with Crippen molar-refractivity contribution >= 4 is 15.7 Å². The molecule has 2 N–H and O–H groups in total. The molecule has 0 amide bonds. The number of methoxy groups -OCH3 is 1. The zero-order chi connectivity index (χ0) is 14.8. The van der Waals surface area contributed by atoms with E-state index in [0.29, 0.717) is 30.4 Å². The van der Waals surface area contributed by atoms with Gasteiger partial charge < -0.3 is 10.5 Å². The molecule has 0 radical (unpaired) electrons. The summed E-state index contributed by atoms with van der Waals surface area (Å²) in [6, 6.07) is 4.71. The van der Waals surface area contributed by atoms with Crippen LogP contribution in [0.3, 0.4) is 0 Å². The van der Waals surface area contributed by atoms with E-state index in [4.69, 9.17) is 10.5 Å². The summed E-state index contributed by atoms with van der Waals surface area (Å²) in [4.78, 5) is 0.162. The van der Waals surface area contributed by atoms with Gasteiger partial charge in [-0.2, -0.15) is 4.31 Å². The van der Waals surface area contributed by atoms with Crippen molar-refractivity contribution in [3.63, 3.8) is 0 Å². The van der Waals surface area contributed by atoms with Crippen LogP contribution in [0.5, 0.6) is 5.75 Å². The molecule has 0 bridgehead atoms. The van der Waals surface area contributed by atoms with Crippen molar-refractivity contribution in [3.05, 3.63) is 18.2 Å². The highest BCUT2D eigenvalue weighted by Crippen LogP contribution is 2.31. The molecule has 1 saturated heterocycles. The van der Waals surface area contributed by atoms with Gasteiger partial charge in [-0.15, -0.1) is 0 Å². The smallest absolute Gasteiger partial charge is 0.246 e. The molecule has 6 heteroatoms. The van der Waals surface area contributed by atoms with Crippen LogP contribution in [0, 0.1) is 5.92 Å². The molecule has 0 aromatic heterocycles. The summed E-state index contributed by atoms with van der Waals surface area (Å²) in [6.45, 7) is 3.29. The number of piperidine rings is 1.